The first-order valence-electron chi connectivity index (χ1n) is 20.2. The van der Waals surface area contributed by atoms with Gasteiger partial charge in [-0.1, -0.05) is 146 Å². The molecule has 2 aliphatic rings. The van der Waals surface area contributed by atoms with Crippen molar-refractivity contribution in [3.05, 3.63) is 218 Å². The maximum atomic E-state index is 4.75. The average Bonchev–Trinajstić information content (AvgIpc) is 3.92. The first-order valence-corrected chi connectivity index (χ1v) is 21.0. The highest BCUT2D eigenvalue weighted by molar-refractivity contribution is 8.00. The average molecular weight is 773 g/mol. The highest BCUT2D eigenvalue weighted by Gasteiger charge is 2.36. The van der Waals surface area contributed by atoms with Crippen LogP contribution in [0.25, 0.3) is 71.3 Å². The SMILES string of the molecule is C1=CC2c3c(c4ccccc4c4ccccc34)SC2C=C1N(c1ccc(-c2ccc(-c3ccccc3)c3ccccc23)cc1)c1ccc(-n2nc3ccccc3n2)cc1. The Morgan fingerprint density at radius 3 is 1.61 bits per heavy atom. The molecule has 0 bridgehead atoms. The molecule has 1 aliphatic heterocycles. The second-order valence-corrected chi connectivity index (χ2v) is 16.5. The smallest absolute Gasteiger partial charge is 0.113 e. The van der Waals surface area contributed by atoms with E-state index in [4.69, 9.17) is 10.2 Å². The Morgan fingerprint density at radius 2 is 0.966 bits per heavy atom. The molecule has 1 aromatic heterocycles. The van der Waals surface area contributed by atoms with Gasteiger partial charge in [-0.05, 0) is 121 Å². The number of hydrogen-bond donors (Lipinski definition) is 0. The zero-order chi connectivity index (χ0) is 38.9. The van der Waals surface area contributed by atoms with E-state index in [2.05, 4.69) is 187 Å². The molecule has 12 rings (SSSR count). The monoisotopic (exact) mass is 772 g/mol. The maximum Gasteiger partial charge on any atom is 0.113 e. The lowest BCUT2D eigenvalue weighted by molar-refractivity contribution is 0.765. The highest BCUT2D eigenvalue weighted by atomic mass is 32.2. The van der Waals surface area contributed by atoms with E-state index < -0.39 is 0 Å². The molecule has 0 saturated heterocycles. The van der Waals surface area contributed by atoms with Gasteiger partial charge in [-0.15, -0.1) is 22.0 Å². The molecule has 59 heavy (non-hydrogen) atoms. The van der Waals surface area contributed by atoms with Crippen LogP contribution in [-0.4, -0.2) is 20.2 Å². The van der Waals surface area contributed by atoms with Gasteiger partial charge in [-0.25, -0.2) is 0 Å². The number of allylic oxidation sites excluding steroid dienone is 2. The summed E-state index contributed by atoms with van der Waals surface area (Å²) in [5.74, 6) is 0.284. The summed E-state index contributed by atoms with van der Waals surface area (Å²) in [4.78, 5) is 5.53. The molecule has 9 aromatic carbocycles. The number of aromatic nitrogens is 3. The van der Waals surface area contributed by atoms with Crippen molar-refractivity contribution in [2.45, 2.75) is 16.1 Å². The number of benzene rings is 9. The van der Waals surface area contributed by atoms with E-state index in [0.717, 1.165) is 33.8 Å². The molecule has 2 atom stereocenters. The van der Waals surface area contributed by atoms with Gasteiger partial charge >= 0.3 is 0 Å². The molecule has 4 nitrogen and oxygen atoms in total. The van der Waals surface area contributed by atoms with Crippen LogP contribution in [0.2, 0.25) is 0 Å². The van der Waals surface area contributed by atoms with Crippen LogP contribution in [0.3, 0.4) is 0 Å². The number of nitrogens with zero attached hydrogens (tertiary/aromatic N) is 4. The first-order chi connectivity index (χ1) is 29.2. The molecule has 10 aromatic rings. The molecular formula is C54H36N4S. The molecule has 0 spiro atoms. The summed E-state index contributed by atoms with van der Waals surface area (Å²) in [6.07, 6.45) is 7.26. The Hall–Kier alpha value is -7.21. The van der Waals surface area contributed by atoms with Crippen LogP contribution in [-0.2, 0) is 0 Å². The number of anilines is 2. The van der Waals surface area contributed by atoms with Crippen molar-refractivity contribution in [1.29, 1.82) is 0 Å². The maximum absolute atomic E-state index is 4.75. The quantitative estimate of drug-likeness (QED) is 0.158. The van der Waals surface area contributed by atoms with E-state index in [1.807, 2.05) is 36.0 Å². The zero-order valence-electron chi connectivity index (χ0n) is 32.0. The predicted molar refractivity (Wildman–Crippen MR) is 247 cm³/mol. The van der Waals surface area contributed by atoms with Crippen LogP contribution in [0, 0.1) is 0 Å². The first kappa shape index (κ1) is 33.9. The van der Waals surface area contributed by atoms with Gasteiger partial charge in [0, 0.05) is 33.1 Å². The van der Waals surface area contributed by atoms with E-state index in [0.29, 0.717) is 0 Å². The van der Waals surface area contributed by atoms with Gasteiger partial charge in [-0.2, -0.15) is 4.80 Å². The molecule has 0 N–H and O–H groups in total. The summed E-state index contributed by atoms with van der Waals surface area (Å²) >= 11 is 2.00. The van der Waals surface area contributed by atoms with Gasteiger partial charge in [0.15, 0.2) is 0 Å². The Balaban J connectivity index is 0.952. The van der Waals surface area contributed by atoms with Crippen LogP contribution >= 0.6 is 11.8 Å². The third-order valence-electron chi connectivity index (χ3n) is 12.0. The molecule has 5 heteroatoms. The van der Waals surface area contributed by atoms with Crippen molar-refractivity contribution in [3.8, 4) is 27.9 Å². The lowest BCUT2D eigenvalue weighted by atomic mass is 9.86. The standard InChI is InChI=1S/C54H36N4S/c1-2-12-35(13-3-1)41-32-33-42(44-15-5-4-14-43(41)44)36-22-24-37(25-23-36)57(38-26-28-39(29-27-38)58-55-50-20-10-11-21-51(50)56-58)40-30-31-49-52(34-40)59-54-48-19-9-7-17-46(48)45-16-6-8-18-47(45)53(49)54/h1-34,49,52H. The largest absolute Gasteiger partial charge is 0.311 e. The Morgan fingerprint density at radius 1 is 0.458 bits per heavy atom. The van der Waals surface area contributed by atoms with E-state index in [1.165, 1.54) is 65.0 Å². The van der Waals surface area contributed by atoms with Gasteiger partial charge in [0.05, 0.1) is 5.69 Å². The van der Waals surface area contributed by atoms with E-state index in [-0.39, 0.29) is 11.2 Å². The van der Waals surface area contributed by atoms with Crippen LogP contribution in [0.15, 0.2) is 217 Å². The molecular weight excluding hydrogens is 737 g/mol. The van der Waals surface area contributed by atoms with Crippen LogP contribution < -0.4 is 4.90 Å². The molecule has 2 heterocycles. The lowest BCUT2D eigenvalue weighted by Crippen LogP contribution is -2.20. The molecule has 0 saturated carbocycles. The van der Waals surface area contributed by atoms with E-state index in [9.17, 15) is 0 Å². The third-order valence-corrected chi connectivity index (χ3v) is 13.4. The summed E-state index contributed by atoms with van der Waals surface area (Å²) in [6, 6.07) is 67.5. The number of rotatable bonds is 6. The Bertz CT molecular complexity index is 3280. The van der Waals surface area contributed by atoms with Crippen molar-refractivity contribution in [2.24, 2.45) is 0 Å². The fourth-order valence-electron chi connectivity index (χ4n) is 9.25. The molecule has 0 amide bonds. The minimum absolute atomic E-state index is 0.260. The summed E-state index contributed by atoms with van der Waals surface area (Å²) in [7, 11) is 0. The number of hydrogen-bond acceptors (Lipinski definition) is 4. The predicted octanol–water partition coefficient (Wildman–Crippen LogP) is 14.1. The molecule has 1 aliphatic carbocycles. The van der Waals surface area contributed by atoms with Gasteiger partial charge in [0.1, 0.15) is 11.0 Å². The molecule has 0 fully saturated rings. The molecule has 0 radical (unpaired) electrons. The Labute approximate surface area is 346 Å². The summed E-state index contributed by atoms with van der Waals surface area (Å²) in [6.45, 7) is 0. The topological polar surface area (TPSA) is 34.0 Å². The van der Waals surface area contributed by atoms with Crippen molar-refractivity contribution in [1.82, 2.24) is 15.0 Å². The van der Waals surface area contributed by atoms with Crippen LogP contribution in [0.1, 0.15) is 11.5 Å². The van der Waals surface area contributed by atoms with Crippen molar-refractivity contribution >= 4 is 66.5 Å². The highest BCUT2D eigenvalue weighted by Crippen LogP contribution is 2.55. The molecule has 278 valence electrons. The number of thioether (sulfide) groups is 1. The second-order valence-electron chi connectivity index (χ2n) is 15.3. The van der Waals surface area contributed by atoms with Crippen molar-refractivity contribution in [3.63, 3.8) is 0 Å². The summed E-state index contributed by atoms with van der Waals surface area (Å²) in [5, 5.41) is 17.6. The van der Waals surface area contributed by atoms with E-state index in [1.54, 1.807) is 4.80 Å². The van der Waals surface area contributed by atoms with Crippen molar-refractivity contribution in [2.75, 3.05) is 4.90 Å². The normalized spacial score (nSPS) is 15.8. The fourth-order valence-corrected chi connectivity index (χ4v) is 10.8. The van der Waals surface area contributed by atoms with Gasteiger partial charge in [-0.3, -0.25) is 0 Å². The Kier molecular flexibility index (Phi) is 7.88. The van der Waals surface area contributed by atoms with Gasteiger partial charge in [0.2, 0.25) is 0 Å². The lowest BCUT2D eigenvalue weighted by Gasteiger charge is -2.30. The van der Waals surface area contributed by atoms with Gasteiger partial charge in [0.25, 0.3) is 0 Å². The van der Waals surface area contributed by atoms with Gasteiger partial charge < -0.3 is 4.90 Å². The number of fused-ring (bicyclic) bond motifs is 10. The fraction of sp³-hybridized carbons (Fsp3) is 0.0370. The van der Waals surface area contributed by atoms with Crippen LogP contribution in [0.5, 0.6) is 0 Å². The minimum atomic E-state index is 0.260. The molecule has 2 unspecified atom stereocenters. The third kappa shape index (κ3) is 5.61. The second kappa shape index (κ2) is 13.7. The van der Waals surface area contributed by atoms with E-state index >= 15 is 0 Å². The van der Waals surface area contributed by atoms with Crippen LogP contribution in [0.4, 0.5) is 11.4 Å². The summed E-state index contributed by atoms with van der Waals surface area (Å²) in [5.41, 5.74) is 12.3. The summed E-state index contributed by atoms with van der Waals surface area (Å²) < 4.78 is 0. The van der Waals surface area contributed by atoms with Crippen molar-refractivity contribution < 1.29 is 0 Å². The minimum Gasteiger partial charge on any atom is -0.311 e. The zero-order valence-corrected chi connectivity index (χ0v) is 32.8.